The smallest absolute Gasteiger partial charge is 0.346 e. The van der Waals surface area contributed by atoms with E-state index in [1.54, 1.807) is 6.07 Å². The highest BCUT2D eigenvalue weighted by molar-refractivity contribution is 7.80. The summed E-state index contributed by atoms with van der Waals surface area (Å²) in [6.07, 6.45) is -3.22. The monoisotopic (exact) mass is 331 g/mol. The van der Waals surface area contributed by atoms with Crippen LogP contribution in [0.5, 0.6) is 0 Å². The predicted octanol–water partition coefficient (Wildman–Crippen LogP) is 3.43. The summed E-state index contributed by atoms with van der Waals surface area (Å²) in [5.74, 6) is 0. The summed E-state index contributed by atoms with van der Waals surface area (Å²) in [5, 5.41) is 3.39. The summed E-state index contributed by atoms with van der Waals surface area (Å²) < 4.78 is 38.1. The second-order valence-corrected chi connectivity index (χ2v) is 5.72. The molecular weight excluding hydrogens is 311 g/mol. The summed E-state index contributed by atoms with van der Waals surface area (Å²) in [5.41, 5.74) is -0.302. The Kier molecular flexibility index (Phi) is 5.63. The molecule has 122 valence electrons. The van der Waals surface area contributed by atoms with Gasteiger partial charge >= 0.3 is 6.18 Å². The van der Waals surface area contributed by atoms with Gasteiger partial charge in [0.1, 0.15) is 0 Å². The van der Waals surface area contributed by atoms with Crippen LogP contribution in [0.2, 0.25) is 0 Å². The van der Waals surface area contributed by atoms with E-state index in [-0.39, 0.29) is 0 Å². The first-order valence-corrected chi connectivity index (χ1v) is 7.76. The number of halogens is 3. The van der Waals surface area contributed by atoms with Gasteiger partial charge in [0.15, 0.2) is 5.11 Å². The van der Waals surface area contributed by atoms with Crippen LogP contribution in [0.1, 0.15) is 18.9 Å². The topological polar surface area (TPSA) is 18.5 Å². The average Bonchev–Trinajstić information content (AvgIpc) is 2.48. The molecule has 0 bridgehead atoms. The summed E-state index contributed by atoms with van der Waals surface area (Å²) in [7, 11) is 0. The Morgan fingerprint density at radius 2 is 1.91 bits per heavy atom. The maximum atomic E-state index is 12.7. The summed E-state index contributed by atoms with van der Waals surface area (Å²) in [6, 6.07) is 5.11. The van der Waals surface area contributed by atoms with E-state index in [0.717, 1.165) is 51.3 Å². The Hall–Kier alpha value is -1.34. The van der Waals surface area contributed by atoms with Gasteiger partial charge < -0.3 is 10.2 Å². The lowest BCUT2D eigenvalue weighted by Crippen LogP contribution is -2.50. The summed E-state index contributed by atoms with van der Waals surface area (Å²) >= 11 is 5.31. The van der Waals surface area contributed by atoms with Crippen LogP contribution in [0.25, 0.3) is 0 Å². The molecule has 0 unspecified atom stereocenters. The van der Waals surface area contributed by atoms with Gasteiger partial charge in [0.25, 0.3) is 0 Å². The number of hydrogen-bond acceptors (Lipinski definition) is 2. The Bertz CT molecular complexity index is 511. The minimum Gasteiger partial charge on any atom is -0.346 e. The van der Waals surface area contributed by atoms with Gasteiger partial charge in [-0.2, -0.15) is 13.2 Å². The molecule has 1 aromatic carbocycles. The zero-order valence-corrected chi connectivity index (χ0v) is 13.3. The number of rotatable bonds is 3. The van der Waals surface area contributed by atoms with Crippen LogP contribution >= 0.6 is 12.2 Å². The zero-order valence-electron chi connectivity index (χ0n) is 12.5. The van der Waals surface area contributed by atoms with Crippen molar-refractivity contribution in [2.45, 2.75) is 19.5 Å². The normalized spacial score (nSPS) is 16.6. The molecule has 0 aromatic heterocycles. The molecule has 2 rings (SSSR count). The van der Waals surface area contributed by atoms with Crippen LogP contribution in [0, 0.1) is 0 Å². The first-order valence-electron chi connectivity index (χ1n) is 7.35. The highest BCUT2D eigenvalue weighted by atomic mass is 32.1. The highest BCUT2D eigenvalue weighted by Gasteiger charge is 2.30. The van der Waals surface area contributed by atoms with Crippen LogP contribution in [0.3, 0.4) is 0 Å². The quantitative estimate of drug-likeness (QED) is 0.855. The summed E-state index contributed by atoms with van der Waals surface area (Å²) in [4.78, 5) is 4.37. The fourth-order valence-electron chi connectivity index (χ4n) is 2.47. The molecule has 0 radical (unpaired) electrons. The van der Waals surface area contributed by atoms with Crippen LogP contribution in [-0.4, -0.2) is 47.6 Å². The van der Waals surface area contributed by atoms with E-state index >= 15 is 0 Å². The van der Waals surface area contributed by atoms with Crippen molar-refractivity contribution in [2.75, 3.05) is 38.0 Å². The van der Waals surface area contributed by atoms with E-state index in [0.29, 0.717) is 10.8 Å². The molecule has 0 atom stereocenters. The fraction of sp³-hybridized carbons (Fsp3) is 0.533. The molecule has 1 heterocycles. The minimum atomic E-state index is -4.34. The molecule has 22 heavy (non-hydrogen) atoms. The van der Waals surface area contributed by atoms with Crippen molar-refractivity contribution in [3.63, 3.8) is 0 Å². The second-order valence-electron chi connectivity index (χ2n) is 5.34. The molecule has 1 aliphatic heterocycles. The van der Waals surface area contributed by atoms with Gasteiger partial charge in [-0.25, -0.2) is 0 Å². The van der Waals surface area contributed by atoms with E-state index in [1.165, 1.54) is 6.07 Å². The number of nitrogens with one attached hydrogen (secondary N) is 1. The first-order chi connectivity index (χ1) is 10.4. The molecule has 1 saturated heterocycles. The summed E-state index contributed by atoms with van der Waals surface area (Å²) in [6.45, 7) is 6.67. The first kappa shape index (κ1) is 17.0. The lowest BCUT2D eigenvalue weighted by Gasteiger charge is -2.36. The SMILES string of the molecule is CCCN1CCN(C(=S)Nc2cccc(C(F)(F)F)c2)CC1. The van der Waals surface area contributed by atoms with E-state index in [2.05, 4.69) is 17.1 Å². The molecule has 3 nitrogen and oxygen atoms in total. The highest BCUT2D eigenvalue weighted by Crippen LogP contribution is 2.30. The Labute approximate surface area is 134 Å². The van der Waals surface area contributed by atoms with Crippen molar-refractivity contribution in [2.24, 2.45) is 0 Å². The Morgan fingerprint density at radius 1 is 1.23 bits per heavy atom. The number of benzene rings is 1. The Balaban J connectivity index is 1.93. The lowest BCUT2D eigenvalue weighted by atomic mass is 10.2. The van der Waals surface area contributed by atoms with E-state index < -0.39 is 11.7 Å². The minimum absolute atomic E-state index is 0.371. The van der Waals surface area contributed by atoms with Crippen molar-refractivity contribution in [3.05, 3.63) is 29.8 Å². The third-order valence-corrected chi connectivity index (χ3v) is 4.00. The molecule has 7 heteroatoms. The van der Waals surface area contributed by atoms with Crippen molar-refractivity contribution in [3.8, 4) is 0 Å². The number of hydrogen-bond donors (Lipinski definition) is 1. The second kappa shape index (κ2) is 7.28. The molecule has 1 fully saturated rings. The van der Waals surface area contributed by atoms with Gasteiger partial charge in [-0.15, -0.1) is 0 Å². The van der Waals surface area contributed by atoms with Gasteiger partial charge in [0.05, 0.1) is 5.56 Å². The van der Waals surface area contributed by atoms with Gasteiger partial charge in [-0.3, -0.25) is 4.90 Å². The fourth-order valence-corrected chi connectivity index (χ4v) is 2.77. The number of thiocarbonyl (C=S) groups is 1. The molecule has 1 aliphatic rings. The van der Waals surface area contributed by atoms with E-state index in [4.69, 9.17) is 12.2 Å². The standard InChI is InChI=1S/C15H20F3N3S/c1-2-6-20-7-9-21(10-8-20)14(22)19-13-5-3-4-12(11-13)15(16,17)18/h3-5,11H,2,6-10H2,1H3,(H,19,22). The van der Waals surface area contributed by atoms with Crippen LogP contribution in [0.4, 0.5) is 18.9 Å². The average molecular weight is 331 g/mol. The third-order valence-electron chi connectivity index (χ3n) is 3.64. The van der Waals surface area contributed by atoms with E-state index in [9.17, 15) is 13.2 Å². The van der Waals surface area contributed by atoms with E-state index in [1.807, 2.05) is 4.90 Å². The Morgan fingerprint density at radius 3 is 2.50 bits per heavy atom. The molecule has 0 amide bonds. The third kappa shape index (κ3) is 4.58. The molecule has 0 aliphatic carbocycles. The number of piperazine rings is 1. The van der Waals surface area contributed by atoms with Crippen molar-refractivity contribution >= 4 is 23.0 Å². The van der Waals surface area contributed by atoms with Gasteiger partial charge in [0, 0.05) is 31.9 Å². The van der Waals surface area contributed by atoms with Crippen LogP contribution in [0.15, 0.2) is 24.3 Å². The molecule has 1 N–H and O–H groups in total. The van der Waals surface area contributed by atoms with Crippen LogP contribution in [-0.2, 0) is 6.18 Å². The maximum absolute atomic E-state index is 12.7. The van der Waals surface area contributed by atoms with Gasteiger partial charge in [-0.1, -0.05) is 13.0 Å². The number of nitrogens with zero attached hydrogens (tertiary/aromatic N) is 2. The zero-order chi connectivity index (χ0) is 16.2. The predicted molar refractivity (Wildman–Crippen MR) is 86.0 cm³/mol. The number of alkyl halides is 3. The maximum Gasteiger partial charge on any atom is 0.416 e. The van der Waals surface area contributed by atoms with Crippen LogP contribution < -0.4 is 5.32 Å². The molecule has 0 saturated carbocycles. The van der Waals surface area contributed by atoms with Gasteiger partial charge in [0.2, 0.25) is 0 Å². The largest absolute Gasteiger partial charge is 0.416 e. The molecule has 0 spiro atoms. The number of anilines is 1. The van der Waals surface area contributed by atoms with Crippen molar-refractivity contribution in [1.82, 2.24) is 9.80 Å². The lowest BCUT2D eigenvalue weighted by molar-refractivity contribution is -0.137. The van der Waals surface area contributed by atoms with Gasteiger partial charge in [-0.05, 0) is 43.4 Å². The van der Waals surface area contributed by atoms with Crippen molar-refractivity contribution < 1.29 is 13.2 Å². The van der Waals surface area contributed by atoms with Crippen molar-refractivity contribution in [1.29, 1.82) is 0 Å². The molecule has 1 aromatic rings. The molecular formula is C15H20F3N3S.